The summed E-state index contributed by atoms with van der Waals surface area (Å²) in [7, 11) is 1.25. The van der Waals surface area contributed by atoms with Crippen LogP contribution in [-0.2, 0) is 30.6 Å². The summed E-state index contributed by atoms with van der Waals surface area (Å²) < 4.78 is 4.18. The minimum Gasteiger partial charge on any atom is -0.680 e. The van der Waals surface area contributed by atoms with Crippen molar-refractivity contribution in [2.24, 2.45) is 0 Å². The first-order chi connectivity index (χ1) is 3.91. The van der Waals surface area contributed by atoms with Crippen LogP contribution in [0.4, 0.5) is 0 Å². The van der Waals surface area contributed by atoms with Crippen LogP contribution in [0.25, 0.3) is 5.73 Å². The minimum absolute atomic E-state index is 0. The second kappa shape index (κ2) is 24.3. The van der Waals surface area contributed by atoms with Gasteiger partial charge in [0.05, 0.1) is 0 Å². The van der Waals surface area contributed by atoms with Gasteiger partial charge in [0.2, 0.25) is 0 Å². The Kier molecular flexibility index (Phi) is 43.3. The third kappa shape index (κ3) is 31.3. The summed E-state index contributed by atoms with van der Waals surface area (Å²) in [4.78, 5) is 9.22. The van der Waals surface area contributed by atoms with Crippen molar-refractivity contribution in [2.45, 2.75) is 13.3 Å². The fraction of sp³-hybridized carbons (Fsp3) is 0.800. The van der Waals surface area contributed by atoms with E-state index in [1.54, 1.807) is 0 Å². The molecular formula is C5H11NO2W. The SMILES string of the molecule is CCCO[C-]=O.C[NH-].[W+2]. The van der Waals surface area contributed by atoms with E-state index in [-0.39, 0.29) is 21.1 Å². The van der Waals surface area contributed by atoms with Crippen LogP contribution in [0.1, 0.15) is 13.3 Å². The molecule has 9 heavy (non-hydrogen) atoms. The first-order valence-electron chi connectivity index (χ1n) is 2.40. The number of nitrogens with one attached hydrogen (secondary N) is 1. The largest absolute Gasteiger partial charge is 2.00 e. The maximum atomic E-state index is 9.22. The molecule has 0 heterocycles. The molecule has 54 valence electrons. The number of carbonyl (C=O) groups excluding carboxylic acids is 1. The van der Waals surface area contributed by atoms with Crippen LogP contribution >= 0.6 is 0 Å². The van der Waals surface area contributed by atoms with Gasteiger partial charge in [-0.2, -0.15) is 7.05 Å². The Balaban J connectivity index is -0.000000109. The van der Waals surface area contributed by atoms with E-state index in [1.807, 2.05) is 6.92 Å². The van der Waals surface area contributed by atoms with E-state index in [1.165, 1.54) is 13.5 Å². The van der Waals surface area contributed by atoms with Gasteiger partial charge in [-0.3, -0.25) is 0 Å². The maximum absolute atomic E-state index is 9.22. The van der Waals surface area contributed by atoms with Gasteiger partial charge in [-0.05, 0) is 6.42 Å². The maximum Gasteiger partial charge on any atom is 2.00 e. The zero-order chi connectivity index (χ0) is 6.83. The number of rotatable bonds is 3. The van der Waals surface area contributed by atoms with Crippen molar-refractivity contribution in [1.82, 2.24) is 0 Å². The average Bonchev–Trinajstić information content (AvgIpc) is 1.88. The summed E-state index contributed by atoms with van der Waals surface area (Å²) in [5.41, 5.74) is 5.75. The second-order valence-corrected chi connectivity index (χ2v) is 0.932. The van der Waals surface area contributed by atoms with Crippen LogP contribution < -0.4 is 0 Å². The Bertz CT molecular complexity index is 43.9. The molecule has 0 aromatic carbocycles. The predicted octanol–water partition coefficient (Wildman–Crippen LogP) is 1.15. The quantitative estimate of drug-likeness (QED) is 0.580. The number of hydrogen-bond donors (Lipinski definition) is 0. The van der Waals surface area contributed by atoms with Crippen molar-refractivity contribution in [3.8, 4) is 0 Å². The van der Waals surface area contributed by atoms with Gasteiger partial charge >= 0.3 is 21.1 Å². The Labute approximate surface area is 70.2 Å². The van der Waals surface area contributed by atoms with E-state index >= 15 is 0 Å². The fourth-order valence-electron chi connectivity index (χ4n) is 0.144. The molecule has 0 spiro atoms. The molecule has 0 rings (SSSR count). The van der Waals surface area contributed by atoms with Crippen molar-refractivity contribution in [2.75, 3.05) is 13.7 Å². The van der Waals surface area contributed by atoms with Crippen molar-refractivity contribution >= 4 is 6.47 Å². The van der Waals surface area contributed by atoms with Crippen LogP contribution in [0, 0.1) is 0 Å². The van der Waals surface area contributed by atoms with E-state index < -0.39 is 0 Å². The van der Waals surface area contributed by atoms with Crippen LogP contribution in [-0.4, -0.2) is 20.1 Å². The molecule has 0 aliphatic carbocycles. The molecule has 0 atom stereocenters. The summed E-state index contributed by atoms with van der Waals surface area (Å²) in [6.45, 7) is 3.74. The van der Waals surface area contributed by atoms with E-state index in [0.717, 1.165) is 6.42 Å². The van der Waals surface area contributed by atoms with Gasteiger partial charge in [-0.25, -0.2) is 0 Å². The van der Waals surface area contributed by atoms with Crippen molar-refractivity contribution in [1.29, 1.82) is 0 Å². The Hall–Kier alpha value is 0.118. The smallest absolute Gasteiger partial charge is 0.680 e. The van der Waals surface area contributed by atoms with Crippen molar-refractivity contribution in [3.63, 3.8) is 0 Å². The number of hydrogen-bond acceptors (Lipinski definition) is 2. The molecule has 0 bridgehead atoms. The van der Waals surface area contributed by atoms with Crippen LogP contribution in [0.15, 0.2) is 0 Å². The molecule has 3 nitrogen and oxygen atoms in total. The zero-order valence-corrected chi connectivity index (χ0v) is 8.57. The van der Waals surface area contributed by atoms with Gasteiger partial charge in [0.25, 0.3) is 0 Å². The molecule has 0 aliphatic rings. The molecule has 0 saturated carbocycles. The predicted molar refractivity (Wildman–Crippen MR) is 32.2 cm³/mol. The average molecular weight is 301 g/mol. The van der Waals surface area contributed by atoms with Crippen LogP contribution in [0.2, 0.25) is 0 Å². The molecule has 1 N–H and O–H groups in total. The molecule has 4 heteroatoms. The minimum atomic E-state index is 0. The van der Waals surface area contributed by atoms with Gasteiger partial charge in [-0.1, -0.05) is 13.4 Å². The monoisotopic (exact) mass is 301 g/mol. The topological polar surface area (TPSA) is 50.1 Å². The van der Waals surface area contributed by atoms with E-state index in [2.05, 4.69) is 4.74 Å². The fourth-order valence-corrected chi connectivity index (χ4v) is 0.144. The zero-order valence-electron chi connectivity index (χ0n) is 5.64. The third-order valence-corrected chi connectivity index (χ3v) is 0.365. The normalized spacial score (nSPS) is 5.67. The summed E-state index contributed by atoms with van der Waals surface area (Å²) in [5.74, 6) is 0. The number of ether oxygens (including phenoxy) is 1. The third-order valence-electron chi connectivity index (χ3n) is 0.365. The molecule has 0 radical (unpaired) electrons. The van der Waals surface area contributed by atoms with Crippen molar-refractivity contribution < 1.29 is 30.6 Å². The Morgan fingerprint density at radius 1 is 1.56 bits per heavy atom. The Morgan fingerprint density at radius 2 is 2.00 bits per heavy atom. The summed E-state index contributed by atoms with van der Waals surface area (Å²) in [5, 5.41) is 0. The first-order valence-corrected chi connectivity index (χ1v) is 2.40. The summed E-state index contributed by atoms with van der Waals surface area (Å²) in [6.07, 6.45) is 0.870. The van der Waals surface area contributed by atoms with Gasteiger partial charge in [0.1, 0.15) is 0 Å². The van der Waals surface area contributed by atoms with Gasteiger partial charge in [-0.15, -0.1) is 0 Å². The second-order valence-electron chi connectivity index (χ2n) is 0.932. The Morgan fingerprint density at radius 3 is 2.11 bits per heavy atom. The molecule has 0 amide bonds. The molecule has 0 saturated heterocycles. The van der Waals surface area contributed by atoms with Crippen molar-refractivity contribution in [3.05, 3.63) is 5.73 Å². The first kappa shape index (κ1) is 16.1. The molecule has 0 aliphatic heterocycles. The summed E-state index contributed by atoms with van der Waals surface area (Å²) in [6, 6.07) is 0. The van der Waals surface area contributed by atoms with Crippen LogP contribution in [0.3, 0.4) is 0 Å². The molecule has 0 unspecified atom stereocenters. The van der Waals surface area contributed by atoms with E-state index in [9.17, 15) is 4.79 Å². The van der Waals surface area contributed by atoms with Crippen LogP contribution in [0.5, 0.6) is 0 Å². The standard InChI is InChI=1S/C4H7O2.CH4N.W/c1-2-3-6-4-5;1-2;/h2-3H2,1H3;2H,1H3;/q2*-1;+2. The van der Waals surface area contributed by atoms with E-state index in [4.69, 9.17) is 5.73 Å². The van der Waals surface area contributed by atoms with Gasteiger partial charge in [0, 0.05) is 6.61 Å². The molecule has 0 fully saturated rings. The van der Waals surface area contributed by atoms with E-state index in [0.29, 0.717) is 6.61 Å². The summed E-state index contributed by atoms with van der Waals surface area (Å²) >= 11 is 0. The van der Waals surface area contributed by atoms with Gasteiger partial charge in [0.15, 0.2) is 0 Å². The molecular weight excluding hydrogens is 290 g/mol. The van der Waals surface area contributed by atoms with Gasteiger partial charge < -0.3 is 15.3 Å². The molecule has 0 aromatic rings. The molecule has 0 aromatic heterocycles.